The molecule has 13 heavy (non-hydrogen) atoms. The highest BCUT2D eigenvalue weighted by Gasteiger charge is 2.41. The van der Waals surface area contributed by atoms with E-state index in [0.29, 0.717) is 0 Å². The fraction of sp³-hybridized carbons (Fsp3) is 1.00. The number of hydrogen-bond acceptors (Lipinski definition) is 6. The molecule has 0 aromatic carbocycles. The molecule has 0 aromatic rings. The molecule has 0 aromatic heterocycles. The maximum Gasteiger partial charge on any atom is 0.294 e. The van der Waals surface area contributed by atoms with Gasteiger partial charge in [0.05, 0.1) is 11.3 Å². The predicted molar refractivity (Wildman–Crippen MR) is 43.0 cm³/mol. The molecule has 0 rings (SSSR count). The molecule has 6 N–H and O–H groups in total. The summed E-state index contributed by atoms with van der Waals surface area (Å²) in [6, 6.07) is 0. The van der Waals surface area contributed by atoms with E-state index in [9.17, 15) is 8.42 Å². The van der Waals surface area contributed by atoms with Gasteiger partial charge in [-0.15, -0.1) is 0 Å². The zero-order chi connectivity index (χ0) is 10.9. The maximum atomic E-state index is 10.3. The highest BCUT2D eigenvalue weighted by atomic mass is 32.2. The molecule has 7 nitrogen and oxygen atoms in total. The van der Waals surface area contributed by atoms with Gasteiger partial charge < -0.3 is 21.1 Å². The first kappa shape index (κ1) is 12.8. The minimum absolute atomic E-state index is 0.491. The van der Waals surface area contributed by atoms with Crippen molar-refractivity contribution >= 4 is 10.1 Å². The lowest BCUT2D eigenvalue weighted by molar-refractivity contribution is -0.345. The van der Waals surface area contributed by atoms with E-state index in [1.54, 1.807) is 0 Å². The molecule has 0 bridgehead atoms. The van der Waals surface area contributed by atoms with Crippen LogP contribution in [0.1, 0.15) is 13.3 Å². The standard InChI is InChI=1S/C5H13NO6S/c1-4(6,5(7,8)9)2-3-13(10,11)12/h7-9H,2-3,6H2,1H3,(H,10,11,12). The van der Waals surface area contributed by atoms with Crippen molar-refractivity contribution in [2.24, 2.45) is 5.73 Å². The first-order valence-corrected chi connectivity index (χ1v) is 4.98. The summed E-state index contributed by atoms with van der Waals surface area (Å²) in [5, 5.41) is 26.0. The second kappa shape index (κ2) is 3.48. The Morgan fingerprint density at radius 2 is 1.69 bits per heavy atom. The van der Waals surface area contributed by atoms with Crippen LogP contribution in [0.5, 0.6) is 0 Å². The zero-order valence-electron chi connectivity index (χ0n) is 7.01. The van der Waals surface area contributed by atoms with E-state index in [4.69, 9.17) is 25.6 Å². The summed E-state index contributed by atoms with van der Waals surface area (Å²) in [5.74, 6) is -3.94. The Morgan fingerprint density at radius 3 is 1.92 bits per heavy atom. The fourth-order valence-electron chi connectivity index (χ4n) is 0.509. The molecule has 0 radical (unpaired) electrons. The third-order valence-corrected chi connectivity index (χ3v) is 2.37. The Balaban J connectivity index is 4.38. The molecule has 0 saturated heterocycles. The molecule has 0 amide bonds. The van der Waals surface area contributed by atoms with Crippen LogP contribution in [-0.2, 0) is 10.1 Å². The van der Waals surface area contributed by atoms with Gasteiger partial charge in [-0.3, -0.25) is 4.55 Å². The van der Waals surface area contributed by atoms with Gasteiger partial charge in [-0.25, -0.2) is 0 Å². The lowest BCUT2D eigenvalue weighted by atomic mass is 9.97. The smallest absolute Gasteiger partial charge is 0.294 e. The van der Waals surface area contributed by atoms with Gasteiger partial charge in [0, 0.05) is 0 Å². The summed E-state index contributed by atoms with van der Waals surface area (Å²) >= 11 is 0. The Labute approximate surface area is 75.6 Å². The molecule has 0 heterocycles. The molecule has 0 aliphatic heterocycles. The molecule has 0 saturated carbocycles. The highest BCUT2D eigenvalue weighted by molar-refractivity contribution is 7.85. The maximum absolute atomic E-state index is 10.3. The van der Waals surface area contributed by atoms with Gasteiger partial charge >= 0.3 is 0 Å². The minimum Gasteiger partial charge on any atom is -0.342 e. The molecule has 1 atom stereocenters. The van der Waals surface area contributed by atoms with E-state index in [0.717, 1.165) is 6.92 Å². The molecule has 8 heteroatoms. The third-order valence-electron chi connectivity index (χ3n) is 1.65. The lowest BCUT2D eigenvalue weighted by Crippen LogP contribution is -2.59. The summed E-state index contributed by atoms with van der Waals surface area (Å²) in [7, 11) is -4.23. The van der Waals surface area contributed by atoms with Gasteiger partial charge in [0.2, 0.25) is 0 Å². The molecular formula is C5H13NO6S. The van der Waals surface area contributed by atoms with Crippen LogP contribution >= 0.6 is 0 Å². The predicted octanol–water partition coefficient (Wildman–Crippen LogP) is -2.39. The highest BCUT2D eigenvalue weighted by Crippen LogP contribution is 2.18. The number of nitrogens with two attached hydrogens (primary N) is 1. The Hall–Kier alpha value is -0.250. The van der Waals surface area contributed by atoms with Crippen LogP contribution in [0.3, 0.4) is 0 Å². The molecule has 0 aliphatic carbocycles. The molecule has 80 valence electrons. The quantitative estimate of drug-likeness (QED) is 0.260. The van der Waals surface area contributed by atoms with E-state index in [1.165, 1.54) is 0 Å². The van der Waals surface area contributed by atoms with Gasteiger partial charge in [-0.05, 0) is 13.3 Å². The van der Waals surface area contributed by atoms with Gasteiger partial charge in [-0.2, -0.15) is 8.42 Å². The normalized spacial score (nSPS) is 18.3. The minimum atomic E-state index is -4.23. The monoisotopic (exact) mass is 215 g/mol. The summed E-state index contributed by atoms with van der Waals surface area (Å²) in [6.45, 7) is 1.04. The second-order valence-electron chi connectivity index (χ2n) is 3.09. The van der Waals surface area contributed by atoms with E-state index < -0.39 is 33.8 Å². The van der Waals surface area contributed by atoms with Gasteiger partial charge in [-0.1, -0.05) is 0 Å². The number of hydrogen-bond donors (Lipinski definition) is 5. The van der Waals surface area contributed by atoms with Crippen molar-refractivity contribution in [1.29, 1.82) is 0 Å². The first-order valence-electron chi connectivity index (χ1n) is 3.37. The number of aliphatic hydroxyl groups is 3. The molecule has 0 aliphatic rings. The van der Waals surface area contributed by atoms with Gasteiger partial charge in [0.25, 0.3) is 16.1 Å². The Bertz CT molecular complexity index is 263. The lowest BCUT2D eigenvalue weighted by Gasteiger charge is -2.32. The van der Waals surface area contributed by atoms with Crippen LogP contribution in [0.4, 0.5) is 0 Å². The molecule has 0 spiro atoms. The summed E-state index contributed by atoms with van der Waals surface area (Å²) in [5.41, 5.74) is 3.25. The van der Waals surface area contributed by atoms with Crippen LogP contribution in [0.25, 0.3) is 0 Å². The van der Waals surface area contributed by atoms with Crippen molar-refractivity contribution in [1.82, 2.24) is 0 Å². The SMILES string of the molecule is CC(N)(CCS(=O)(=O)O)C(O)(O)O. The molecule has 0 fully saturated rings. The summed E-state index contributed by atoms with van der Waals surface area (Å²) < 4.78 is 28.8. The Morgan fingerprint density at radius 1 is 1.31 bits per heavy atom. The zero-order valence-corrected chi connectivity index (χ0v) is 7.82. The number of rotatable bonds is 4. The van der Waals surface area contributed by atoms with Crippen LogP contribution in [-0.4, -0.2) is 45.6 Å². The van der Waals surface area contributed by atoms with E-state index >= 15 is 0 Å². The van der Waals surface area contributed by atoms with Crippen LogP contribution in [0, 0.1) is 0 Å². The van der Waals surface area contributed by atoms with E-state index in [1.807, 2.05) is 0 Å². The Kier molecular flexibility index (Phi) is 3.41. The summed E-state index contributed by atoms with van der Waals surface area (Å²) in [4.78, 5) is 0. The fourth-order valence-corrected chi connectivity index (χ4v) is 1.19. The van der Waals surface area contributed by atoms with Crippen molar-refractivity contribution in [2.75, 3.05) is 5.75 Å². The van der Waals surface area contributed by atoms with Crippen LogP contribution in [0.2, 0.25) is 0 Å². The van der Waals surface area contributed by atoms with E-state index in [2.05, 4.69) is 0 Å². The van der Waals surface area contributed by atoms with Gasteiger partial charge in [0.1, 0.15) is 0 Å². The van der Waals surface area contributed by atoms with Crippen molar-refractivity contribution in [3.8, 4) is 0 Å². The third kappa shape index (κ3) is 4.50. The van der Waals surface area contributed by atoms with Crippen molar-refractivity contribution in [3.63, 3.8) is 0 Å². The second-order valence-corrected chi connectivity index (χ2v) is 4.66. The van der Waals surface area contributed by atoms with Crippen molar-refractivity contribution in [2.45, 2.75) is 24.9 Å². The first-order chi connectivity index (χ1) is 5.46. The topological polar surface area (TPSA) is 141 Å². The van der Waals surface area contributed by atoms with Crippen LogP contribution < -0.4 is 5.73 Å². The van der Waals surface area contributed by atoms with Crippen molar-refractivity contribution in [3.05, 3.63) is 0 Å². The average molecular weight is 215 g/mol. The van der Waals surface area contributed by atoms with E-state index in [-0.39, 0.29) is 0 Å². The summed E-state index contributed by atoms with van der Waals surface area (Å²) in [6.07, 6.45) is -0.491. The van der Waals surface area contributed by atoms with Gasteiger partial charge in [0.15, 0.2) is 0 Å². The average Bonchev–Trinajstić information content (AvgIpc) is 1.79. The largest absolute Gasteiger partial charge is 0.342 e. The molecule has 1 unspecified atom stereocenters. The molecular weight excluding hydrogens is 202 g/mol. The van der Waals surface area contributed by atoms with Crippen LogP contribution in [0.15, 0.2) is 0 Å². The van der Waals surface area contributed by atoms with Crippen molar-refractivity contribution < 1.29 is 28.3 Å².